The van der Waals surface area contributed by atoms with Crippen LogP contribution in [0.2, 0.25) is 0 Å². The van der Waals surface area contributed by atoms with Gasteiger partial charge in [0.25, 0.3) is 10.0 Å². The third-order valence-corrected chi connectivity index (χ3v) is 6.25. The van der Waals surface area contributed by atoms with Gasteiger partial charge in [-0.2, -0.15) is 5.26 Å². The standard InChI is InChI=1S/C20H21FN4O4S/c21-15-2-5-17(6-3-15)30(28,29)23-16-4-7-19(18(14-16)20(26)27)25-12-10-24(11-13-25)9-1-8-22/h2-7,14,23H,1,9-13H2,(H,26,27). The Labute approximate surface area is 174 Å². The Bertz CT molecular complexity index is 1060. The number of aromatic carboxylic acids is 1. The molecule has 0 atom stereocenters. The van der Waals surface area contributed by atoms with Crippen LogP contribution in [0.25, 0.3) is 0 Å². The number of benzene rings is 2. The van der Waals surface area contributed by atoms with Crippen LogP contribution in [0, 0.1) is 17.1 Å². The molecule has 2 N–H and O–H groups in total. The van der Waals surface area contributed by atoms with Crippen molar-refractivity contribution in [3.05, 3.63) is 53.8 Å². The van der Waals surface area contributed by atoms with E-state index in [1.54, 1.807) is 6.07 Å². The van der Waals surface area contributed by atoms with Gasteiger partial charge < -0.3 is 10.0 Å². The molecule has 0 aliphatic carbocycles. The maximum absolute atomic E-state index is 13.0. The van der Waals surface area contributed by atoms with Crippen LogP contribution in [-0.2, 0) is 10.0 Å². The Balaban J connectivity index is 1.78. The predicted octanol–water partition coefficient (Wildman–Crippen LogP) is 2.36. The zero-order chi connectivity index (χ0) is 21.7. The number of nitriles is 1. The molecule has 1 saturated heterocycles. The fraction of sp³-hybridized carbons (Fsp3) is 0.300. The van der Waals surface area contributed by atoms with Crippen LogP contribution in [0.5, 0.6) is 0 Å². The number of carbonyl (C=O) groups is 1. The summed E-state index contributed by atoms with van der Waals surface area (Å²) in [6, 6.07) is 10.8. The lowest BCUT2D eigenvalue weighted by atomic mass is 10.1. The third-order valence-electron chi connectivity index (χ3n) is 4.86. The third kappa shape index (κ3) is 5.06. The molecule has 1 aliphatic heterocycles. The molecule has 0 unspecified atom stereocenters. The summed E-state index contributed by atoms with van der Waals surface area (Å²) in [7, 11) is -3.98. The number of carboxylic acid groups (broad SMARTS) is 1. The summed E-state index contributed by atoms with van der Waals surface area (Å²) in [5.41, 5.74) is 0.597. The first-order chi connectivity index (χ1) is 14.3. The Morgan fingerprint density at radius 2 is 1.80 bits per heavy atom. The second kappa shape index (κ2) is 9.11. The van der Waals surface area contributed by atoms with E-state index in [-0.39, 0.29) is 16.1 Å². The van der Waals surface area contributed by atoms with Crippen LogP contribution < -0.4 is 9.62 Å². The van der Waals surface area contributed by atoms with Crippen molar-refractivity contribution in [2.45, 2.75) is 11.3 Å². The normalized spacial score (nSPS) is 14.9. The van der Waals surface area contributed by atoms with E-state index in [1.807, 2.05) is 4.90 Å². The summed E-state index contributed by atoms with van der Waals surface area (Å²) in [6.07, 6.45) is 0.448. The van der Waals surface area contributed by atoms with Crippen LogP contribution in [0.3, 0.4) is 0 Å². The Morgan fingerprint density at radius 3 is 2.40 bits per heavy atom. The molecule has 2 aromatic rings. The zero-order valence-corrected chi connectivity index (χ0v) is 16.9. The monoisotopic (exact) mass is 432 g/mol. The quantitative estimate of drug-likeness (QED) is 0.690. The van der Waals surface area contributed by atoms with Gasteiger partial charge in [0, 0.05) is 44.8 Å². The lowest BCUT2D eigenvalue weighted by Gasteiger charge is -2.36. The van der Waals surface area contributed by atoms with E-state index in [0.717, 1.165) is 24.3 Å². The van der Waals surface area contributed by atoms with Crippen molar-refractivity contribution in [2.24, 2.45) is 0 Å². The van der Waals surface area contributed by atoms with Gasteiger partial charge in [0.15, 0.2) is 0 Å². The SMILES string of the molecule is N#CCCN1CCN(c2ccc(NS(=O)(=O)c3ccc(F)cc3)cc2C(=O)O)CC1. The Hall–Kier alpha value is -3.16. The minimum absolute atomic E-state index is 0.0141. The number of hydrogen-bond donors (Lipinski definition) is 2. The summed E-state index contributed by atoms with van der Waals surface area (Å²) in [5, 5.41) is 18.3. The molecule has 2 aromatic carbocycles. The van der Waals surface area contributed by atoms with E-state index >= 15 is 0 Å². The minimum atomic E-state index is -3.98. The van der Waals surface area contributed by atoms with Crippen molar-refractivity contribution >= 4 is 27.4 Å². The molecule has 1 aliphatic rings. The minimum Gasteiger partial charge on any atom is -0.478 e. The summed E-state index contributed by atoms with van der Waals surface area (Å²) in [4.78, 5) is 15.8. The number of piperazine rings is 1. The second-order valence-electron chi connectivity index (χ2n) is 6.83. The van der Waals surface area contributed by atoms with Crippen molar-refractivity contribution < 1.29 is 22.7 Å². The fourth-order valence-electron chi connectivity index (χ4n) is 3.29. The Kier molecular flexibility index (Phi) is 6.54. The first kappa shape index (κ1) is 21.5. The van der Waals surface area contributed by atoms with Gasteiger partial charge in [-0.15, -0.1) is 0 Å². The maximum Gasteiger partial charge on any atom is 0.337 e. The molecule has 30 heavy (non-hydrogen) atoms. The average Bonchev–Trinajstić information content (AvgIpc) is 2.72. The highest BCUT2D eigenvalue weighted by atomic mass is 32.2. The number of anilines is 2. The number of halogens is 1. The number of nitrogens with zero attached hydrogens (tertiary/aromatic N) is 3. The topological polar surface area (TPSA) is 114 Å². The van der Waals surface area contributed by atoms with Crippen LogP contribution in [0.1, 0.15) is 16.8 Å². The molecule has 0 radical (unpaired) electrons. The zero-order valence-electron chi connectivity index (χ0n) is 16.1. The van der Waals surface area contributed by atoms with Crippen LogP contribution >= 0.6 is 0 Å². The molecule has 0 bridgehead atoms. The van der Waals surface area contributed by atoms with E-state index in [9.17, 15) is 22.7 Å². The molecule has 0 spiro atoms. The molecule has 158 valence electrons. The van der Waals surface area contributed by atoms with Gasteiger partial charge in [-0.25, -0.2) is 17.6 Å². The number of nitrogens with one attached hydrogen (secondary N) is 1. The van der Waals surface area contributed by atoms with Crippen molar-refractivity contribution in [2.75, 3.05) is 42.3 Å². The van der Waals surface area contributed by atoms with Crippen molar-refractivity contribution in [3.8, 4) is 6.07 Å². The molecule has 10 heteroatoms. The molecule has 1 fully saturated rings. The van der Waals surface area contributed by atoms with E-state index in [2.05, 4.69) is 15.7 Å². The first-order valence-corrected chi connectivity index (χ1v) is 10.8. The Morgan fingerprint density at radius 1 is 1.13 bits per heavy atom. The van der Waals surface area contributed by atoms with Crippen molar-refractivity contribution in [1.29, 1.82) is 5.26 Å². The summed E-state index contributed by atoms with van der Waals surface area (Å²) in [6.45, 7) is 3.30. The molecular formula is C20H21FN4O4S. The lowest BCUT2D eigenvalue weighted by Crippen LogP contribution is -2.47. The first-order valence-electron chi connectivity index (χ1n) is 9.30. The summed E-state index contributed by atoms with van der Waals surface area (Å²) < 4.78 is 40.4. The molecular weight excluding hydrogens is 411 g/mol. The highest BCUT2D eigenvalue weighted by Crippen LogP contribution is 2.27. The number of carboxylic acids is 1. The lowest BCUT2D eigenvalue weighted by molar-refractivity contribution is 0.0697. The smallest absolute Gasteiger partial charge is 0.337 e. The molecule has 8 nitrogen and oxygen atoms in total. The number of sulfonamides is 1. The predicted molar refractivity (Wildman–Crippen MR) is 109 cm³/mol. The molecule has 0 saturated carbocycles. The molecule has 3 rings (SSSR count). The van der Waals surface area contributed by atoms with Crippen LogP contribution in [-0.4, -0.2) is 57.1 Å². The van der Waals surface area contributed by atoms with Crippen molar-refractivity contribution in [3.63, 3.8) is 0 Å². The molecule has 0 aromatic heterocycles. The summed E-state index contributed by atoms with van der Waals surface area (Å²) in [5.74, 6) is -1.72. The van der Waals surface area contributed by atoms with E-state index in [1.165, 1.54) is 12.1 Å². The number of hydrogen-bond acceptors (Lipinski definition) is 6. The van der Waals surface area contributed by atoms with Crippen LogP contribution in [0.4, 0.5) is 15.8 Å². The van der Waals surface area contributed by atoms with Gasteiger partial charge in [-0.3, -0.25) is 9.62 Å². The van der Waals surface area contributed by atoms with Crippen molar-refractivity contribution in [1.82, 2.24) is 4.90 Å². The van der Waals surface area contributed by atoms with Gasteiger partial charge in [0.2, 0.25) is 0 Å². The number of rotatable bonds is 7. The van der Waals surface area contributed by atoms with E-state index in [0.29, 0.717) is 44.8 Å². The van der Waals surface area contributed by atoms with Gasteiger partial charge in [-0.05, 0) is 42.5 Å². The second-order valence-corrected chi connectivity index (χ2v) is 8.52. The highest BCUT2D eigenvalue weighted by Gasteiger charge is 2.23. The largest absolute Gasteiger partial charge is 0.478 e. The van der Waals surface area contributed by atoms with Gasteiger partial charge in [-0.1, -0.05) is 0 Å². The van der Waals surface area contributed by atoms with Gasteiger partial charge >= 0.3 is 5.97 Å². The highest BCUT2D eigenvalue weighted by molar-refractivity contribution is 7.92. The van der Waals surface area contributed by atoms with E-state index < -0.39 is 21.8 Å². The maximum atomic E-state index is 13.0. The molecule has 1 heterocycles. The molecule has 0 amide bonds. The van der Waals surface area contributed by atoms with Gasteiger partial charge in [0.05, 0.1) is 22.2 Å². The average molecular weight is 432 g/mol. The fourth-order valence-corrected chi connectivity index (χ4v) is 4.34. The van der Waals surface area contributed by atoms with Crippen LogP contribution in [0.15, 0.2) is 47.4 Å². The van der Waals surface area contributed by atoms with Gasteiger partial charge in [0.1, 0.15) is 5.82 Å². The summed E-state index contributed by atoms with van der Waals surface area (Å²) >= 11 is 0. The van der Waals surface area contributed by atoms with E-state index in [4.69, 9.17) is 5.26 Å².